The zero-order chi connectivity index (χ0) is 25.1. The van der Waals surface area contributed by atoms with Gasteiger partial charge in [0.25, 0.3) is 0 Å². The van der Waals surface area contributed by atoms with Crippen molar-refractivity contribution < 1.29 is 27.8 Å². The number of nitrogens with one attached hydrogen (secondary N) is 1. The predicted molar refractivity (Wildman–Crippen MR) is 128 cm³/mol. The van der Waals surface area contributed by atoms with Crippen molar-refractivity contribution >= 4 is 27.6 Å². The van der Waals surface area contributed by atoms with Gasteiger partial charge in [-0.2, -0.15) is 8.78 Å². The van der Waals surface area contributed by atoms with E-state index in [1.54, 1.807) is 32.3 Å². The molecule has 1 heterocycles. The topological polar surface area (TPSA) is 84.6 Å². The number of alkyl halides is 2. The average Bonchev–Trinajstić information content (AvgIpc) is 3.05. The van der Waals surface area contributed by atoms with E-state index >= 15 is 0 Å². The third kappa shape index (κ3) is 7.24. The van der Waals surface area contributed by atoms with Crippen molar-refractivity contribution in [3.63, 3.8) is 0 Å². The molecule has 0 radical (unpaired) electrons. The zero-order valence-electron chi connectivity index (χ0n) is 20.0. The number of nitrogens with two attached hydrogens (primary N) is 1. The fraction of sp³-hybridized carbons (Fsp3) is 0.609. The molecule has 1 aromatic heterocycles. The number of carbonyl (C=O) groups excluding carboxylic acids is 1. The number of thiophene rings is 1. The molecule has 10 heteroatoms. The predicted octanol–water partition coefficient (Wildman–Crippen LogP) is 5.95. The van der Waals surface area contributed by atoms with Gasteiger partial charge >= 0.3 is 6.61 Å². The van der Waals surface area contributed by atoms with Crippen LogP contribution >= 0.6 is 21.7 Å². The second-order valence-electron chi connectivity index (χ2n) is 9.36. The first-order valence-electron chi connectivity index (χ1n) is 10.9. The van der Waals surface area contributed by atoms with Gasteiger partial charge in [-0.3, -0.25) is 9.93 Å². The van der Waals surface area contributed by atoms with Crippen LogP contribution in [0.5, 0.6) is 0 Å². The van der Waals surface area contributed by atoms with Crippen molar-refractivity contribution in [2.24, 2.45) is 22.9 Å². The van der Waals surface area contributed by atoms with Crippen LogP contribution in [0.3, 0.4) is 0 Å². The highest BCUT2D eigenvalue weighted by molar-refractivity contribution is 8.31. The molecule has 1 aromatic rings. The van der Waals surface area contributed by atoms with E-state index in [2.05, 4.69) is 9.46 Å². The maximum atomic E-state index is 14.6. The maximum Gasteiger partial charge on any atom is 0.387 e. The number of ether oxygens (including phenoxy) is 1. The third-order valence-corrected chi connectivity index (χ3v) is 9.66. The smallest absolute Gasteiger partial charge is 0.387 e. The third-order valence-electron chi connectivity index (χ3n) is 5.53. The molecule has 0 saturated carbocycles. The van der Waals surface area contributed by atoms with Crippen LogP contribution in [-0.2, 0) is 15.1 Å². The molecule has 0 spiro atoms. The molecule has 3 atom stereocenters. The lowest BCUT2D eigenvalue weighted by Crippen LogP contribution is -2.36. The van der Waals surface area contributed by atoms with Crippen LogP contribution in [0.15, 0.2) is 33.8 Å². The highest BCUT2D eigenvalue weighted by Crippen LogP contribution is 2.49. The Labute approximate surface area is 199 Å². The van der Waals surface area contributed by atoms with Crippen LogP contribution in [-0.4, -0.2) is 23.9 Å². The lowest BCUT2D eigenvalue weighted by atomic mass is 9.73. The summed E-state index contributed by atoms with van der Waals surface area (Å²) >= 11 is 1.05. The molecular formula is C23H35F3N2O3S2. The standard InChI is InChI=1S/C23H35F3N2O3S2/c1-7-8-14-9-15(31-22(25)26)10-16(13(2)3)17(14)11-20(29)28-33(6,27)21-18(24)12-19(32-21)23(4,5)30/h9-10,12-13,16-17,22,30H,7-8,11,27H2,1-6H3,(H,28,29). The van der Waals surface area contributed by atoms with Gasteiger partial charge in [0, 0.05) is 11.3 Å². The van der Waals surface area contributed by atoms with Crippen LogP contribution < -0.4 is 9.86 Å². The second-order valence-corrected chi connectivity index (χ2v) is 13.2. The Balaban J connectivity index is 2.25. The van der Waals surface area contributed by atoms with Crippen molar-refractivity contribution in [1.82, 2.24) is 4.72 Å². The molecule has 4 N–H and O–H groups in total. The van der Waals surface area contributed by atoms with Crippen LogP contribution in [0.25, 0.3) is 0 Å². The molecule has 1 aliphatic rings. The largest absolute Gasteiger partial charge is 0.435 e. The molecule has 0 aromatic carbocycles. The van der Waals surface area contributed by atoms with Crippen molar-refractivity contribution in [3.8, 4) is 0 Å². The molecule has 33 heavy (non-hydrogen) atoms. The van der Waals surface area contributed by atoms with Gasteiger partial charge < -0.3 is 14.6 Å². The van der Waals surface area contributed by atoms with E-state index in [1.807, 2.05) is 20.8 Å². The molecule has 2 rings (SSSR count). The summed E-state index contributed by atoms with van der Waals surface area (Å²) in [6, 6.07) is 1.25. The second kappa shape index (κ2) is 10.8. The fourth-order valence-corrected chi connectivity index (χ4v) is 6.97. The van der Waals surface area contributed by atoms with Gasteiger partial charge in [-0.05, 0) is 62.5 Å². The Bertz CT molecular complexity index is 905. The first-order valence-corrected chi connectivity index (χ1v) is 13.8. The lowest BCUT2D eigenvalue weighted by Gasteiger charge is -2.36. The van der Waals surface area contributed by atoms with E-state index in [9.17, 15) is 23.1 Å². The van der Waals surface area contributed by atoms with Crippen molar-refractivity contribution in [1.29, 1.82) is 0 Å². The number of carbonyl (C=O) groups is 1. The molecule has 0 bridgehead atoms. The molecule has 3 unspecified atom stereocenters. The molecule has 0 fully saturated rings. The Morgan fingerprint density at radius 3 is 2.52 bits per heavy atom. The van der Waals surface area contributed by atoms with Gasteiger partial charge in [0.1, 0.15) is 15.8 Å². The quantitative estimate of drug-likeness (QED) is 0.364. The minimum absolute atomic E-state index is 0.0836. The molecule has 1 aliphatic carbocycles. The van der Waals surface area contributed by atoms with Crippen molar-refractivity contribution in [2.75, 3.05) is 6.26 Å². The highest BCUT2D eigenvalue weighted by Gasteiger charge is 2.34. The number of rotatable bonds is 10. The van der Waals surface area contributed by atoms with E-state index < -0.39 is 28.4 Å². The van der Waals surface area contributed by atoms with Gasteiger partial charge in [0.15, 0.2) is 0 Å². The summed E-state index contributed by atoms with van der Waals surface area (Å²) in [6.45, 7) is 6.12. The molecule has 0 aliphatic heterocycles. The Morgan fingerprint density at radius 1 is 1.39 bits per heavy atom. The molecule has 188 valence electrons. The lowest BCUT2D eigenvalue weighted by molar-refractivity contribution is -0.120. The summed E-state index contributed by atoms with van der Waals surface area (Å²) in [6.07, 6.45) is 6.39. The molecular weight excluding hydrogens is 473 g/mol. The van der Waals surface area contributed by atoms with Gasteiger partial charge in [-0.1, -0.05) is 43.2 Å². The molecule has 5 nitrogen and oxygen atoms in total. The van der Waals surface area contributed by atoms with Crippen molar-refractivity contribution in [3.05, 3.63) is 40.2 Å². The molecule has 1 amide bonds. The normalized spacial score (nSPS) is 22.0. The molecule has 0 saturated heterocycles. The minimum Gasteiger partial charge on any atom is -0.435 e. The first-order chi connectivity index (χ1) is 15.2. The number of amides is 1. The summed E-state index contributed by atoms with van der Waals surface area (Å²) in [5.41, 5.74) is -0.343. The van der Waals surface area contributed by atoms with E-state index in [1.165, 1.54) is 6.07 Å². The number of hydrogen-bond donors (Lipinski definition) is 3. The SMILES string of the molecule is CCCC1=CC(OC(F)F)=CC(C(C)C)C1CC(=O)NS(C)(N)c1sc(C(C)(C)O)cc1F. The van der Waals surface area contributed by atoms with Crippen LogP contribution in [0, 0.1) is 23.6 Å². The Morgan fingerprint density at radius 2 is 2.03 bits per heavy atom. The number of hydrogen-bond acceptors (Lipinski definition) is 5. The summed E-state index contributed by atoms with van der Waals surface area (Å²) in [5.74, 6) is -1.06. The van der Waals surface area contributed by atoms with E-state index in [0.29, 0.717) is 11.3 Å². The first kappa shape index (κ1) is 27.8. The monoisotopic (exact) mass is 508 g/mol. The van der Waals surface area contributed by atoms with E-state index in [4.69, 9.17) is 5.14 Å². The van der Waals surface area contributed by atoms with E-state index in [0.717, 1.165) is 23.3 Å². The Kier molecular flexibility index (Phi) is 9.12. The number of allylic oxidation sites excluding steroid dienone is 3. The summed E-state index contributed by atoms with van der Waals surface area (Å²) < 4.78 is 47.9. The number of halogens is 3. The van der Waals surface area contributed by atoms with E-state index in [-0.39, 0.29) is 40.1 Å². The fourth-order valence-electron chi connectivity index (χ4n) is 4.00. The van der Waals surface area contributed by atoms with Gasteiger partial charge in [-0.25, -0.2) is 4.39 Å². The summed E-state index contributed by atoms with van der Waals surface area (Å²) in [5, 5.41) is 16.6. The number of aliphatic hydroxyl groups is 1. The van der Waals surface area contributed by atoms with Gasteiger partial charge in [-0.15, -0.1) is 11.3 Å². The highest BCUT2D eigenvalue weighted by atomic mass is 32.3. The van der Waals surface area contributed by atoms with Gasteiger partial charge in [0.2, 0.25) is 5.91 Å². The van der Waals surface area contributed by atoms with Gasteiger partial charge in [0.05, 0.1) is 5.60 Å². The Hall–Kier alpha value is -1.49. The minimum atomic E-state index is -2.92. The van der Waals surface area contributed by atoms with Crippen LogP contribution in [0.2, 0.25) is 0 Å². The van der Waals surface area contributed by atoms with Crippen LogP contribution in [0.1, 0.15) is 58.8 Å². The van der Waals surface area contributed by atoms with Crippen LogP contribution in [0.4, 0.5) is 13.2 Å². The summed E-state index contributed by atoms with van der Waals surface area (Å²) in [4.78, 5) is 13.5. The zero-order valence-corrected chi connectivity index (χ0v) is 21.6. The average molecular weight is 509 g/mol. The maximum absolute atomic E-state index is 14.6. The summed E-state index contributed by atoms with van der Waals surface area (Å²) in [7, 11) is -2.50. The van der Waals surface area contributed by atoms with Crippen molar-refractivity contribution in [2.45, 2.75) is 70.3 Å².